The summed E-state index contributed by atoms with van der Waals surface area (Å²) in [6.07, 6.45) is 6.37. The van der Waals surface area contributed by atoms with E-state index < -0.39 is 6.10 Å². The van der Waals surface area contributed by atoms with Crippen LogP contribution in [0.15, 0.2) is 29.1 Å². The zero-order valence-corrected chi connectivity index (χ0v) is 19.5. The first-order valence-corrected chi connectivity index (χ1v) is 12.0. The highest BCUT2D eigenvalue weighted by molar-refractivity contribution is 5.41. The van der Waals surface area contributed by atoms with Gasteiger partial charge in [-0.25, -0.2) is 4.68 Å². The number of nitrogens with zero attached hydrogens (tertiary/aromatic N) is 5. The Morgan fingerprint density at radius 1 is 1.03 bits per heavy atom. The van der Waals surface area contributed by atoms with Crippen LogP contribution in [0, 0.1) is 0 Å². The lowest BCUT2D eigenvalue weighted by molar-refractivity contribution is 0.0669. The highest BCUT2D eigenvalue weighted by Gasteiger charge is 2.29. The molecule has 4 rings (SSSR count). The highest BCUT2D eigenvalue weighted by Crippen LogP contribution is 2.28. The molecule has 0 amide bonds. The van der Waals surface area contributed by atoms with Crippen molar-refractivity contribution < 1.29 is 5.11 Å². The van der Waals surface area contributed by atoms with Crippen LogP contribution in [-0.2, 0) is 5.41 Å². The molecule has 8 heteroatoms. The van der Waals surface area contributed by atoms with E-state index in [0.717, 1.165) is 68.9 Å². The van der Waals surface area contributed by atoms with Crippen LogP contribution in [0.1, 0.15) is 77.5 Å². The lowest BCUT2D eigenvalue weighted by Crippen LogP contribution is -2.45. The average Bonchev–Trinajstić information content (AvgIpc) is 2.78. The van der Waals surface area contributed by atoms with Gasteiger partial charge < -0.3 is 15.3 Å². The predicted octanol–water partition coefficient (Wildman–Crippen LogP) is 3.28. The topological polar surface area (TPSA) is 96.2 Å². The lowest BCUT2D eigenvalue weighted by Gasteiger charge is -2.37. The van der Waals surface area contributed by atoms with E-state index in [0.29, 0.717) is 0 Å². The number of anilines is 2. The summed E-state index contributed by atoms with van der Waals surface area (Å²) >= 11 is 0. The molecule has 1 saturated heterocycles. The first-order valence-electron chi connectivity index (χ1n) is 12.0. The second-order valence-corrected chi connectivity index (χ2v) is 10.2. The van der Waals surface area contributed by atoms with Gasteiger partial charge in [0.2, 0.25) is 0 Å². The normalized spacial score (nSPS) is 24.4. The van der Waals surface area contributed by atoms with Crippen molar-refractivity contribution in [1.82, 2.24) is 20.0 Å². The third kappa shape index (κ3) is 5.11. The van der Waals surface area contributed by atoms with Gasteiger partial charge in [0, 0.05) is 30.6 Å². The van der Waals surface area contributed by atoms with Crippen LogP contribution in [-0.4, -0.2) is 50.3 Å². The minimum atomic E-state index is -0.502. The van der Waals surface area contributed by atoms with E-state index in [1.165, 1.54) is 11.1 Å². The number of aliphatic hydroxyl groups excluding tert-OH is 1. The molecule has 1 aliphatic carbocycles. The first-order chi connectivity index (χ1) is 15.3. The van der Waals surface area contributed by atoms with Crippen molar-refractivity contribution in [2.75, 3.05) is 23.3 Å². The Kier molecular flexibility index (Phi) is 6.79. The number of aliphatic hydroxyl groups is 1. The van der Waals surface area contributed by atoms with Crippen molar-refractivity contribution in [3.8, 4) is 0 Å². The van der Waals surface area contributed by atoms with Crippen LogP contribution in [0.5, 0.6) is 0 Å². The molecule has 3 heterocycles. The summed E-state index contributed by atoms with van der Waals surface area (Å²) in [5.41, 5.74) is 0.811. The summed E-state index contributed by atoms with van der Waals surface area (Å²) in [5.74, 6) is 1.58. The first kappa shape index (κ1) is 22.7. The third-order valence-electron chi connectivity index (χ3n) is 6.69. The quantitative estimate of drug-likeness (QED) is 0.736. The molecule has 3 unspecified atom stereocenters. The molecule has 0 aromatic carbocycles. The molecule has 2 aromatic heterocycles. The fourth-order valence-electron chi connectivity index (χ4n) is 4.75. The molecule has 1 saturated carbocycles. The predicted molar refractivity (Wildman–Crippen MR) is 126 cm³/mol. The van der Waals surface area contributed by atoms with E-state index in [4.69, 9.17) is 5.10 Å². The van der Waals surface area contributed by atoms with E-state index in [1.807, 2.05) is 18.2 Å². The summed E-state index contributed by atoms with van der Waals surface area (Å²) < 4.78 is 1.52. The molecule has 8 nitrogen and oxygen atoms in total. The summed E-state index contributed by atoms with van der Waals surface area (Å²) in [7, 11) is 0. The molecule has 2 N–H and O–H groups in total. The monoisotopic (exact) mass is 440 g/mol. The van der Waals surface area contributed by atoms with Crippen molar-refractivity contribution in [2.24, 2.45) is 0 Å². The van der Waals surface area contributed by atoms with Crippen LogP contribution in [0.25, 0.3) is 0 Å². The third-order valence-corrected chi connectivity index (χ3v) is 6.69. The Morgan fingerprint density at radius 3 is 2.53 bits per heavy atom. The zero-order valence-electron chi connectivity index (χ0n) is 19.5. The van der Waals surface area contributed by atoms with Crippen molar-refractivity contribution in [1.29, 1.82) is 0 Å². The van der Waals surface area contributed by atoms with Gasteiger partial charge in [0.1, 0.15) is 11.6 Å². The summed E-state index contributed by atoms with van der Waals surface area (Å²) in [4.78, 5) is 14.8. The fourth-order valence-corrected chi connectivity index (χ4v) is 4.75. The van der Waals surface area contributed by atoms with Crippen molar-refractivity contribution in [3.05, 3.63) is 40.3 Å². The fraction of sp³-hybridized carbons (Fsp3) is 0.667. The number of nitrogens with one attached hydrogen (secondary N) is 1. The molecular weight excluding hydrogens is 404 g/mol. The molecule has 0 radical (unpaired) electrons. The van der Waals surface area contributed by atoms with E-state index in [1.54, 1.807) is 6.07 Å². The number of rotatable bonds is 5. The molecule has 32 heavy (non-hydrogen) atoms. The van der Waals surface area contributed by atoms with Gasteiger partial charge in [-0.3, -0.25) is 4.79 Å². The maximum absolute atomic E-state index is 12.5. The minimum absolute atomic E-state index is 0.0214. The second-order valence-electron chi connectivity index (χ2n) is 10.2. The van der Waals surface area contributed by atoms with E-state index in [9.17, 15) is 9.90 Å². The second kappa shape index (κ2) is 9.57. The van der Waals surface area contributed by atoms with Gasteiger partial charge in [0.05, 0.1) is 17.8 Å². The van der Waals surface area contributed by atoms with Crippen LogP contribution >= 0.6 is 0 Å². The van der Waals surface area contributed by atoms with Crippen LogP contribution in [0.2, 0.25) is 0 Å². The molecule has 3 atom stereocenters. The molecule has 1 aliphatic heterocycles. The zero-order chi connectivity index (χ0) is 22.7. The average molecular weight is 441 g/mol. The number of aromatic nitrogens is 4. The van der Waals surface area contributed by atoms with Crippen LogP contribution in [0.3, 0.4) is 0 Å². The molecular formula is C24H36N6O2. The maximum atomic E-state index is 12.5. The Balaban J connectivity index is 1.49. The molecule has 2 fully saturated rings. The summed E-state index contributed by atoms with van der Waals surface area (Å²) in [6.45, 7) is 8.02. The van der Waals surface area contributed by atoms with Gasteiger partial charge in [0.25, 0.3) is 5.56 Å². The van der Waals surface area contributed by atoms with Crippen molar-refractivity contribution in [2.45, 2.75) is 89.3 Å². The Morgan fingerprint density at radius 2 is 1.81 bits per heavy atom. The number of piperidine rings is 1. The van der Waals surface area contributed by atoms with Gasteiger partial charge in [-0.1, -0.05) is 33.6 Å². The number of hydrogen-bond acceptors (Lipinski definition) is 7. The smallest absolute Gasteiger partial charge is 0.267 e. The van der Waals surface area contributed by atoms with E-state index in [2.05, 4.69) is 41.2 Å². The SMILES string of the molecule is CC(C)(C)c1ccc(NCC2CCCCN2c2ccc(=O)n(C3CCCCC3O)n2)nn1. The summed E-state index contributed by atoms with van der Waals surface area (Å²) in [6, 6.07) is 7.46. The standard InChI is InChI=1S/C24H36N6O2/c1-24(2,3)20-11-12-21(27-26-20)25-16-17-8-6-7-15-29(17)22-13-14-23(32)30(28-22)18-9-4-5-10-19(18)31/h11-14,17-19,31H,4-10,15-16H2,1-3H3,(H,25,27). The largest absolute Gasteiger partial charge is 0.391 e. The molecule has 174 valence electrons. The van der Waals surface area contributed by atoms with Gasteiger partial charge in [-0.05, 0) is 50.3 Å². The summed E-state index contributed by atoms with van der Waals surface area (Å²) in [5, 5.41) is 27.3. The molecule has 2 aliphatic rings. The maximum Gasteiger partial charge on any atom is 0.267 e. The molecule has 0 bridgehead atoms. The highest BCUT2D eigenvalue weighted by atomic mass is 16.3. The Labute approximate surface area is 190 Å². The van der Waals surface area contributed by atoms with Gasteiger partial charge in [-0.15, -0.1) is 5.10 Å². The van der Waals surface area contributed by atoms with Gasteiger partial charge in [-0.2, -0.15) is 10.2 Å². The van der Waals surface area contributed by atoms with Crippen LogP contribution in [0.4, 0.5) is 11.6 Å². The molecule has 0 spiro atoms. The van der Waals surface area contributed by atoms with E-state index in [-0.39, 0.29) is 23.1 Å². The van der Waals surface area contributed by atoms with Crippen molar-refractivity contribution in [3.63, 3.8) is 0 Å². The Bertz CT molecular complexity index is 952. The van der Waals surface area contributed by atoms with E-state index >= 15 is 0 Å². The van der Waals surface area contributed by atoms with Crippen molar-refractivity contribution >= 4 is 11.6 Å². The lowest BCUT2D eigenvalue weighted by atomic mass is 9.92. The van der Waals surface area contributed by atoms with Gasteiger partial charge in [0.15, 0.2) is 0 Å². The number of hydrogen-bond donors (Lipinski definition) is 2. The van der Waals surface area contributed by atoms with Gasteiger partial charge >= 0.3 is 0 Å². The minimum Gasteiger partial charge on any atom is -0.391 e. The Hall–Kier alpha value is -2.48. The molecule has 2 aromatic rings. The van der Waals surface area contributed by atoms with Crippen LogP contribution < -0.4 is 15.8 Å².